The van der Waals surface area contributed by atoms with Crippen molar-refractivity contribution in [2.24, 2.45) is 0 Å². The Morgan fingerprint density at radius 3 is 2.52 bits per heavy atom. The Balaban J connectivity index is 2.14. The lowest BCUT2D eigenvalue weighted by Crippen LogP contribution is -2.48. The number of hydrogen-bond acceptors (Lipinski definition) is 5. The molecule has 0 unspecified atom stereocenters. The van der Waals surface area contributed by atoms with Gasteiger partial charge in [0.05, 0.1) is 29.2 Å². The van der Waals surface area contributed by atoms with Crippen LogP contribution in [0.25, 0.3) is 16.9 Å². The summed E-state index contributed by atoms with van der Waals surface area (Å²) < 4.78 is 1.14. The molecule has 0 aliphatic rings. The molecule has 8 heteroatoms. The number of hydrogen-bond donors (Lipinski definition) is 2. The van der Waals surface area contributed by atoms with E-state index in [1.807, 2.05) is 0 Å². The Hall–Kier alpha value is -3.03. The summed E-state index contributed by atoms with van der Waals surface area (Å²) in [6.07, 6.45) is 3.07. The minimum atomic E-state index is -1.15. The first-order chi connectivity index (χ1) is 13.7. The van der Waals surface area contributed by atoms with Crippen LogP contribution < -0.4 is 10.9 Å². The highest BCUT2D eigenvalue weighted by Crippen LogP contribution is 2.20. The SMILES string of the molecule is C[C@@H](NC(=O)c1cc(-c2ccc(Cl)cc2)nn(-c2cccnc2)c1=O)C(C)(C)O. The van der Waals surface area contributed by atoms with Crippen LogP contribution in [-0.2, 0) is 0 Å². The Bertz CT molecular complexity index is 1070. The van der Waals surface area contributed by atoms with Gasteiger partial charge in [-0.3, -0.25) is 14.6 Å². The fourth-order valence-corrected chi connectivity index (χ4v) is 2.65. The van der Waals surface area contributed by atoms with Crippen molar-refractivity contribution in [3.63, 3.8) is 0 Å². The van der Waals surface area contributed by atoms with Gasteiger partial charge in [0.15, 0.2) is 0 Å². The Morgan fingerprint density at radius 1 is 1.24 bits per heavy atom. The molecule has 29 heavy (non-hydrogen) atoms. The van der Waals surface area contributed by atoms with Gasteiger partial charge in [-0.25, -0.2) is 0 Å². The van der Waals surface area contributed by atoms with Gasteiger partial charge < -0.3 is 10.4 Å². The van der Waals surface area contributed by atoms with Gasteiger partial charge >= 0.3 is 0 Å². The molecule has 2 N–H and O–H groups in total. The van der Waals surface area contributed by atoms with E-state index in [-0.39, 0.29) is 5.56 Å². The van der Waals surface area contributed by atoms with Crippen LogP contribution in [-0.4, -0.2) is 37.4 Å². The summed E-state index contributed by atoms with van der Waals surface area (Å²) in [6, 6.07) is 11.1. The molecular weight excluding hydrogens is 392 g/mol. The fourth-order valence-electron chi connectivity index (χ4n) is 2.52. The number of rotatable bonds is 5. The van der Waals surface area contributed by atoms with E-state index in [4.69, 9.17) is 11.6 Å². The quantitative estimate of drug-likeness (QED) is 0.671. The Kier molecular flexibility index (Phi) is 5.81. The van der Waals surface area contributed by atoms with E-state index >= 15 is 0 Å². The van der Waals surface area contributed by atoms with Crippen LogP contribution >= 0.6 is 11.6 Å². The molecule has 1 atom stereocenters. The summed E-state index contributed by atoms with van der Waals surface area (Å²) in [5.41, 5.74) is -0.286. The maximum absolute atomic E-state index is 13.0. The van der Waals surface area contributed by atoms with Gasteiger partial charge in [-0.15, -0.1) is 0 Å². The van der Waals surface area contributed by atoms with Gasteiger partial charge in [-0.2, -0.15) is 9.78 Å². The van der Waals surface area contributed by atoms with Crippen LogP contribution in [0, 0.1) is 0 Å². The molecule has 7 nitrogen and oxygen atoms in total. The maximum atomic E-state index is 13.0. The van der Waals surface area contributed by atoms with Crippen LogP contribution in [0.1, 0.15) is 31.1 Å². The van der Waals surface area contributed by atoms with E-state index < -0.39 is 23.1 Å². The molecule has 0 spiro atoms. The number of halogens is 1. The summed E-state index contributed by atoms with van der Waals surface area (Å²) in [5.74, 6) is -0.597. The second kappa shape index (κ2) is 8.14. The molecule has 0 saturated carbocycles. The van der Waals surface area contributed by atoms with Gasteiger partial charge in [-0.1, -0.05) is 23.7 Å². The highest BCUT2D eigenvalue weighted by Gasteiger charge is 2.26. The van der Waals surface area contributed by atoms with E-state index in [0.717, 1.165) is 4.68 Å². The number of aromatic nitrogens is 3. The van der Waals surface area contributed by atoms with Crippen molar-refractivity contribution in [2.75, 3.05) is 0 Å². The van der Waals surface area contributed by atoms with E-state index in [9.17, 15) is 14.7 Å². The maximum Gasteiger partial charge on any atom is 0.284 e. The molecule has 2 heterocycles. The molecule has 0 aliphatic carbocycles. The molecule has 1 aromatic carbocycles. The number of nitrogens with one attached hydrogen (secondary N) is 1. The van der Waals surface area contributed by atoms with Crippen molar-refractivity contribution in [3.8, 4) is 16.9 Å². The van der Waals surface area contributed by atoms with Gasteiger partial charge in [0, 0.05) is 16.8 Å². The number of benzene rings is 1. The second-order valence-electron chi connectivity index (χ2n) is 7.23. The van der Waals surface area contributed by atoms with Crippen molar-refractivity contribution in [1.29, 1.82) is 0 Å². The molecule has 3 aromatic rings. The zero-order chi connectivity index (χ0) is 21.2. The van der Waals surface area contributed by atoms with Crippen molar-refractivity contribution < 1.29 is 9.90 Å². The summed E-state index contributed by atoms with van der Waals surface area (Å²) in [5, 5.41) is 17.8. The summed E-state index contributed by atoms with van der Waals surface area (Å²) in [6.45, 7) is 4.83. The van der Waals surface area contributed by atoms with Crippen LogP contribution in [0.5, 0.6) is 0 Å². The highest BCUT2D eigenvalue weighted by molar-refractivity contribution is 6.30. The van der Waals surface area contributed by atoms with Crippen molar-refractivity contribution in [1.82, 2.24) is 20.1 Å². The van der Waals surface area contributed by atoms with Gasteiger partial charge in [-0.05, 0) is 51.1 Å². The largest absolute Gasteiger partial charge is 0.388 e. The summed E-state index contributed by atoms with van der Waals surface area (Å²) in [7, 11) is 0. The average Bonchev–Trinajstić information content (AvgIpc) is 2.68. The van der Waals surface area contributed by atoms with E-state index in [0.29, 0.717) is 22.0 Å². The van der Waals surface area contributed by atoms with Crippen LogP contribution in [0.3, 0.4) is 0 Å². The van der Waals surface area contributed by atoms with Crippen molar-refractivity contribution in [2.45, 2.75) is 32.4 Å². The molecule has 150 valence electrons. The van der Waals surface area contributed by atoms with Crippen LogP contribution in [0.15, 0.2) is 59.7 Å². The van der Waals surface area contributed by atoms with E-state index in [1.165, 1.54) is 12.3 Å². The molecule has 0 fully saturated rings. The third-order valence-electron chi connectivity index (χ3n) is 4.59. The lowest BCUT2D eigenvalue weighted by Gasteiger charge is -2.26. The topological polar surface area (TPSA) is 97.1 Å². The molecular formula is C21H21ClN4O3. The normalized spacial score (nSPS) is 12.4. The zero-order valence-corrected chi connectivity index (χ0v) is 17.0. The minimum absolute atomic E-state index is 0.0927. The number of pyridine rings is 1. The number of nitrogens with zero attached hydrogens (tertiary/aromatic N) is 3. The third-order valence-corrected chi connectivity index (χ3v) is 4.85. The molecule has 0 saturated heterocycles. The fraction of sp³-hybridized carbons (Fsp3) is 0.238. The van der Waals surface area contributed by atoms with Gasteiger partial charge in [0.25, 0.3) is 11.5 Å². The van der Waals surface area contributed by atoms with Crippen LogP contribution in [0.4, 0.5) is 0 Å². The molecule has 0 radical (unpaired) electrons. The van der Waals surface area contributed by atoms with E-state index in [2.05, 4.69) is 15.4 Å². The summed E-state index contributed by atoms with van der Waals surface area (Å²) in [4.78, 5) is 29.9. The monoisotopic (exact) mass is 412 g/mol. The predicted octanol–water partition coefficient (Wildman–Crippen LogP) is 2.84. The van der Waals surface area contributed by atoms with Crippen molar-refractivity contribution in [3.05, 3.63) is 75.8 Å². The number of aliphatic hydroxyl groups is 1. The minimum Gasteiger partial charge on any atom is -0.388 e. The zero-order valence-electron chi connectivity index (χ0n) is 16.3. The first-order valence-electron chi connectivity index (χ1n) is 9.01. The van der Waals surface area contributed by atoms with Gasteiger partial charge in [0.2, 0.25) is 0 Å². The Morgan fingerprint density at radius 2 is 1.93 bits per heavy atom. The predicted molar refractivity (Wildman–Crippen MR) is 111 cm³/mol. The van der Waals surface area contributed by atoms with Crippen LogP contribution in [0.2, 0.25) is 5.02 Å². The Labute approximate surface area is 173 Å². The third kappa shape index (κ3) is 4.70. The van der Waals surface area contributed by atoms with Gasteiger partial charge in [0.1, 0.15) is 5.56 Å². The first-order valence-corrected chi connectivity index (χ1v) is 9.38. The molecule has 3 rings (SSSR count). The molecule has 2 aromatic heterocycles. The number of carbonyl (C=O) groups is 1. The highest BCUT2D eigenvalue weighted by atomic mass is 35.5. The smallest absolute Gasteiger partial charge is 0.284 e. The average molecular weight is 413 g/mol. The molecule has 1 amide bonds. The summed E-state index contributed by atoms with van der Waals surface area (Å²) >= 11 is 5.96. The standard InChI is InChI=1S/C21H21ClN4O3/c1-13(21(2,3)29)24-19(27)17-11-18(14-6-8-15(22)9-7-14)25-26(20(17)28)16-5-4-10-23-12-16/h4-13,29H,1-3H3,(H,24,27)/t13-/m1/s1. The number of amides is 1. The number of carbonyl (C=O) groups excluding carboxylic acids is 1. The lowest BCUT2D eigenvalue weighted by molar-refractivity contribution is 0.0408. The molecule has 0 bridgehead atoms. The first kappa shape index (κ1) is 20.7. The van der Waals surface area contributed by atoms with Crippen molar-refractivity contribution >= 4 is 17.5 Å². The molecule has 0 aliphatic heterocycles. The van der Waals surface area contributed by atoms with E-state index in [1.54, 1.807) is 63.4 Å². The second-order valence-corrected chi connectivity index (χ2v) is 7.66. The lowest BCUT2D eigenvalue weighted by atomic mass is 10.0.